The molecule has 1 aliphatic heterocycles. The van der Waals surface area contributed by atoms with Crippen molar-refractivity contribution in [3.8, 4) is 11.1 Å². The molecule has 10 heteroatoms. The Labute approximate surface area is 209 Å². The first-order chi connectivity index (χ1) is 17.1. The van der Waals surface area contributed by atoms with Crippen molar-refractivity contribution >= 4 is 23.4 Å². The number of carbonyl (C=O) groups excluding carboxylic acids is 1. The van der Waals surface area contributed by atoms with Crippen LogP contribution >= 0.6 is 0 Å². The number of pyridine rings is 1. The van der Waals surface area contributed by atoms with Crippen molar-refractivity contribution in [2.45, 2.75) is 45.0 Å². The minimum atomic E-state index is -2.52. The second kappa shape index (κ2) is 10.6. The molecule has 1 saturated heterocycles. The first kappa shape index (κ1) is 25.6. The van der Waals surface area contributed by atoms with E-state index >= 15 is 0 Å². The number of nitrogens with zero attached hydrogens (tertiary/aromatic N) is 3. The molecule has 0 spiro atoms. The Morgan fingerprint density at radius 3 is 2.33 bits per heavy atom. The highest BCUT2D eigenvalue weighted by Crippen LogP contribution is 2.28. The molecule has 8 nitrogen and oxygen atoms in total. The smallest absolute Gasteiger partial charge is 0.324 e. The predicted molar refractivity (Wildman–Crippen MR) is 137 cm³/mol. The summed E-state index contributed by atoms with van der Waals surface area (Å²) >= 11 is 0. The van der Waals surface area contributed by atoms with E-state index in [0.717, 1.165) is 16.9 Å². The number of likely N-dealkylation sites (tertiary alicyclic amines) is 1. The van der Waals surface area contributed by atoms with Crippen LogP contribution in [0.1, 0.15) is 39.4 Å². The van der Waals surface area contributed by atoms with Crippen molar-refractivity contribution in [3.05, 3.63) is 54.4 Å². The lowest BCUT2D eigenvalue weighted by atomic mass is 9.93. The summed E-state index contributed by atoms with van der Waals surface area (Å²) in [6.07, 6.45) is 1.63. The van der Waals surface area contributed by atoms with Gasteiger partial charge >= 0.3 is 6.03 Å². The van der Waals surface area contributed by atoms with Gasteiger partial charge in [-0.1, -0.05) is 38.1 Å². The number of hydrogen-bond acceptors (Lipinski definition) is 6. The van der Waals surface area contributed by atoms with Gasteiger partial charge in [0.05, 0.1) is 0 Å². The summed E-state index contributed by atoms with van der Waals surface area (Å²) in [5, 5.41) is 12.6. The zero-order valence-corrected chi connectivity index (χ0v) is 20.8. The Morgan fingerprint density at radius 1 is 1.03 bits per heavy atom. The van der Waals surface area contributed by atoms with E-state index in [1.165, 1.54) is 0 Å². The minimum Gasteiger partial charge on any atom is -0.369 e. The monoisotopic (exact) mass is 498 g/mol. The van der Waals surface area contributed by atoms with Crippen molar-refractivity contribution in [2.24, 2.45) is 0 Å². The summed E-state index contributed by atoms with van der Waals surface area (Å²) in [7, 11) is 0. The Morgan fingerprint density at radius 2 is 1.72 bits per heavy atom. The molecule has 0 atom stereocenters. The van der Waals surface area contributed by atoms with Gasteiger partial charge in [-0.15, -0.1) is 0 Å². The molecule has 3 heterocycles. The van der Waals surface area contributed by atoms with E-state index < -0.39 is 12.0 Å². The highest BCUT2D eigenvalue weighted by molar-refractivity contribution is 5.99. The van der Waals surface area contributed by atoms with Gasteiger partial charge in [-0.25, -0.2) is 18.6 Å². The van der Waals surface area contributed by atoms with Crippen molar-refractivity contribution in [2.75, 3.05) is 42.1 Å². The van der Waals surface area contributed by atoms with Gasteiger partial charge < -0.3 is 20.1 Å². The molecular weight excluding hydrogens is 466 g/mol. The molecule has 0 unspecified atom stereocenters. The molecule has 3 N–H and O–H groups in total. The van der Waals surface area contributed by atoms with E-state index in [-0.39, 0.29) is 18.3 Å². The number of anilines is 3. The van der Waals surface area contributed by atoms with Gasteiger partial charge in [0, 0.05) is 67.9 Å². The van der Waals surface area contributed by atoms with Gasteiger partial charge in [0.15, 0.2) is 5.82 Å². The van der Waals surface area contributed by atoms with Crippen LogP contribution in [0.2, 0.25) is 0 Å². The number of amides is 2. The summed E-state index contributed by atoms with van der Waals surface area (Å²) in [6, 6.07) is 12.6. The zero-order valence-electron chi connectivity index (χ0n) is 20.8. The number of halogens is 2. The lowest BCUT2D eigenvalue weighted by Gasteiger charge is -2.31. The van der Waals surface area contributed by atoms with Gasteiger partial charge in [0.2, 0.25) is 0 Å². The zero-order chi connectivity index (χ0) is 25.8. The third-order valence-corrected chi connectivity index (χ3v) is 6.05. The maximum Gasteiger partial charge on any atom is 0.324 e. The van der Waals surface area contributed by atoms with E-state index in [0.29, 0.717) is 43.4 Å². The summed E-state index contributed by atoms with van der Waals surface area (Å²) in [6.45, 7) is 8.20. The lowest BCUT2D eigenvalue weighted by molar-refractivity contribution is -0.0543. The Bertz CT molecular complexity index is 1150. The highest BCUT2D eigenvalue weighted by atomic mass is 19.3. The minimum absolute atomic E-state index is 0.0706. The van der Waals surface area contributed by atoms with Gasteiger partial charge in [-0.3, -0.25) is 5.32 Å². The fourth-order valence-corrected chi connectivity index (χ4v) is 3.83. The molecule has 36 heavy (non-hydrogen) atoms. The van der Waals surface area contributed by atoms with E-state index in [9.17, 15) is 13.6 Å². The van der Waals surface area contributed by atoms with Crippen molar-refractivity contribution in [1.82, 2.24) is 15.0 Å². The molecule has 1 fully saturated rings. The number of alkyl halides is 2. The molecule has 1 aromatic carbocycles. The first-order valence-corrected chi connectivity index (χ1v) is 12.0. The Hall–Kier alpha value is -3.53. The van der Waals surface area contributed by atoms with Crippen LogP contribution in [0.4, 0.5) is 30.9 Å². The molecular formula is C26H32F2N6O2. The molecule has 0 bridgehead atoms. The fraction of sp³-hybridized carbons (Fsp3) is 0.423. The van der Waals surface area contributed by atoms with Crippen LogP contribution in [-0.4, -0.2) is 53.2 Å². The van der Waals surface area contributed by atoms with E-state index in [2.05, 4.69) is 26.1 Å². The maximum atomic E-state index is 13.3. The number of benzene rings is 1. The maximum absolute atomic E-state index is 13.3. The number of hydrogen-bond donors (Lipinski definition) is 3. The van der Waals surface area contributed by atoms with Crippen LogP contribution in [0.3, 0.4) is 0 Å². The molecule has 1 aliphatic rings. The van der Waals surface area contributed by atoms with Crippen LogP contribution < -0.4 is 16.0 Å². The molecule has 3 aromatic rings. The number of nitrogens with one attached hydrogen (secondary N) is 3. The number of carbonyl (C=O) groups is 1. The van der Waals surface area contributed by atoms with Gasteiger partial charge in [0.1, 0.15) is 11.6 Å². The van der Waals surface area contributed by atoms with Gasteiger partial charge in [0.25, 0.3) is 5.92 Å². The van der Waals surface area contributed by atoms with Crippen LogP contribution in [0.5, 0.6) is 0 Å². The molecule has 0 aliphatic carbocycles. The first-order valence-electron chi connectivity index (χ1n) is 12.0. The standard InChI is InChI=1S/C26H32F2N6O2/c1-25(2,3)21-16-23(33-36-21)32-24(35)31-20-7-4-18(5-8-20)19-6-9-22(30-17-19)29-12-15-34-13-10-26(27,28)11-14-34/h4-9,16-17H,10-15H2,1-3H3,(H,29,30)(H2,31,32,33,35). The topological polar surface area (TPSA) is 95.3 Å². The molecule has 4 rings (SSSR count). The van der Waals surface area contributed by atoms with Gasteiger partial charge in [-0.2, -0.15) is 0 Å². The average Bonchev–Trinajstić information content (AvgIpc) is 3.30. The van der Waals surface area contributed by atoms with Crippen LogP contribution in [0.25, 0.3) is 11.1 Å². The average molecular weight is 499 g/mol. The second-order valence-electron chi connectivity index (χ2n) is 10.0. The number of piperidine rings is 1. The molecule has 0 saturated carbocycles. The van der Waals surface area contributed by atoms with E-state index in [1.807, 2.05) is 62.1 Å². The predicted octanol–water partition coefficient (Wildman–Crippen LogP) is 5.82. The second-order valence-corrected chi connectivity index (χ2v) is 10.0. The lowest BCUT2D eigenvalue weighted by Crippen LogP contribution is -2.41. The van der Waals surface area contributed by atoms with Crippen molar-refractivity contribution < 1.29 is 18.1 Å². The van der Waals surface area contributed by atoms with Crippen LogP contribution in [0.15, 0.2) is 53.2 Å². The Kier molecular flexibility index (Phi) is 7.53. The van der Waals surface area contributed by atoms with E-state index in [1.54, 1.807) is 12.3 Å². The Balaban J connectivity index is 1.24. The summed E-state index contributed by atoms with van der Waals surface area (Å²) < 4.78 is 31.8. The molecule has 192 valence electrons. The largest absolute Gasteiger partial charge is 0.369 e. The van der Waals surface area contributed by atoms with Crippen LogP contribution in [-0.2, 0) is 5.41 Å². The molecule has 2 amide bonds. The summed E-state index contributed by atoms with van der Waals surface area (Å²) in [5.74, 6) is -0.743. The highest BCUT2D eigenvalue weighted by Gasteiger charge is 2.33. The SMILES string of the molecule is CC(C)(C)c1cc(NC(=O)Nc2ccc(-c3ccc(NCCN4CCC(F)(F)CC4)nc3)cc2)no1. The number of urea groups is 1. The summed E-state index contributed by atoms with van der Waals surface area (Å²) in [5.41, 5.74) is 2.34. The fourth-order valence-electron chi connectivity index (χ4n) is 3.83. The van der Waals surface area contributed by atoms with E-state index in [4.69, 9.17) is 4.52 Å². The molecule has 2 aromatic heterocycles. The van der Waals surface area contributed by atoms with Crippen molar-refractivity contribution in [3.63, 3.8) is 0 Å². The number of rotatable bonds is 7. The normalized spacial score (nSPS) is 15.9. The van der Waals surface area contributed by atoms with Gasteiger partial charge in [-0.05, 0) is 29.8 Å². The third-order valence-electron chi connectivity index (χ3n) is 6.05. The summed E-state index contributed by atoms with van der Waals surface area (Å²) in [4.78, 5) is 18.8. The quantitative estimate of drug-likeness (QED) is 0.380. The van der Waals surface area contributed by atoms with Crippen molar-refractivity contribution in [1.29, 1.82) is 0 Å². The third kappa shape index (κ3) is 7.00. The van der Waals surface area contributed by atoms with Crippen LogP contribution in [0, 0.1) is 0 Å². The number of aromatic nitrogens is 2. The molecule has 0 radical (unpaired) electrons.